The molecule has 0 unspecified atom stereocenters. The largest absolute Gasteiger partial charge is 0.422 e. The van der Waals surface area contributed by atoms with E-state index in [-0.39, 0.29) is 5.88 Å². The van der Waals surface area contributed by atoms with Crippen LogP contribution in [0.4, 0.5) is 4.39 Å². The molecule has 2 nitrogen and oxygen atoms in total. The van der Waals surface area contributed by atoms with Crippen molar-refractivity contribution in [3.05, 3.63) is 12.4 Å². The van der Waals surface area contributed by atoms with Crippen LogP contribution < -0.4 is 0 Å². The second-order valence-electron chi connectivity index (χ2n) is 1.57. The summed E-state index contributed by atoms with van der Waals surface area (Å²) in [6.07, 6.45) is 0. The number of hydrogen-bond acceptors (Lipinski definition) is 2. The van der Waals surface area contributed by atoms with Gasteiger partial charge in [0.15, 0.2) is 0 Å². The summed E-state index contributed by atoms with van der Waals surface area (Å²) in [4.78, 5) is 10.4. The minimum absolute atomic E-state index is 0.352. The molecule has 0 aromatic rings. The van der Waals surface area contributed by atoms with Crippen LogP contribution in [0.5, 0.6) is 0 Å². The van der Waals surface area contributed by atoms with Crippen LogP contribution in [0.3, 0.4) is 0 Å². The second-order valence-corrected chi connectivity index (χ2v) is 3.25. The lowest BCUT2D eigenvalue weighted by Crippen LogP contribution is -2.24. The Bertz CT molecular complexity index is 181. The van der Waals surface area contributed by atoms with Crippen molar-refractivity contribution in [2.45, 2.75) is 4.52 Å². The Labute approximate surface area is 77.9 Å². The Morgan fingerprint density at radius 2 is 2.09 bits per heavy atom. The molecule has 0 aliphatic rings. The van der Waals surface area contributed by atoms with E-state index >= 15 is 0 Å². The fourth-order valence-corrected chi connectivity index (χ4v) is 0.413. The lowest BCUT2D eigenvalue weighted by atomic mass is 10.6. The van der Waals surface area contributed by atoms with E-state index in [1.54, 1.807) is 0 Å². The van der Waals surface area contributed by atoms with Crippen LogP contribution >= 0.6 is 34.8 Å². The minimum atomic E-state index is -1.90. The summed E-state index contributed by atoms with van der Waals surface area (Å²) in [5, 5.41) is 0. The number of alkyl halides is 3. The molecular formula is C5H4Cl3FO2. The van der Waals surface area contributed by atoms with Crippen molar-refractivity contribution in [2.24, 2.45) is 0 Å². The highest BCUT2D eigenvalue weighted by atomic mass is 35.5. The third-order valence-corrected chi connectivity index (χ3v) is 1.69. The Balaban J connectivity index is 4.04. The first-order valence-electron chi connectivity index (χ1n) is 2.40. The number of halogens is 4. The van der Waals surface area contributed by atoms with Crippen LogP contribution in [-0.4, -0.2) is 16.4 Å². The minimum Gasteiger partial charge on any atom is -0.422 e. The predicted octanol–water partition coefficient (Wildman–Crippen LogP) is 2.38. The van der Waals surface area contributed by atoms with Gasteiger partial charge in [0.2, 0.25) is 5.83 Å². The van der Waals surface area contributed by atoms with Crippen molar-refractivity contribution in [2.75, 3.05) is 5.88 Å². The highest BCUT2D eigenvalue weighted by Gasteiger charge is 2.28. The van der Waals surface area contributed by atoms with E-state index in [1.807, 2.05) is 0 Å². The smallest absolute Gasteiger partial charge is 0.369 e. The van der Waals surface area contributed by atoms with E-state index < -0.39 is 16.3 Å². The molecule has 0 rings (SSSR count). The molecule has 0 aliphatic carbocycles. The first-order chi connectivity index (χ1) is 4.89. The molecule has 0 radical (unpaired) electrons. The molecule has 0 heterocycles. The SMILES string of the molecule is C=C(F)C(=O)OC(Cl)(Cl)CCl. The Hall–Kier alpha value is 0.01000. The van der Waals surface area contributed by atoms with E-state index in [1.165, 1.54) is 0 Å². The summed E-state index contributed by atoms with van der Waals surface area (Å²) >= 11 is 15.6. The zero-order valence-corrected chi connectivity index (χ0v) is 7.51. The zero-order valence-electron chi connectivity index (χ0n) is 5.24. The number of hydrogen-bond donors (Lipinski definition) is 0. The molecule has 0 bridgehead atoms. The van der Waals surface area contributed by atoms with Crippen LogP contribution in [0.25, 0.3) is 0 Å². The van der Waals surface area contributed by atoms with Crippen LogP contribution in [0.2, 0.25) is 0 Å². The summed E-state index contributed by atoms with van der Waals surface area (Å²) in [5.41, 5.74) is 0. The molecule has 0 aromatic heterocycles. The maximum Gasteiger partial charge on any atom is 0.369 e. The second kappa shape index (κ2) is 4.14. The van der Waals surface area contributed by atoms with E-state index in [0.717, 1.165) is 0 Å². The van der Waals surface area contributed by atoms with Crippen molar-refractivity contribution >= 4 is 40.8 Å². The molecule has 0 spiro atoms. The molecule has 0 fully saturated rings. The van der Waals surface area contributed by atoms with E-state index in [2.05, 4.69) is 11.3 Å². The molecule has 0 atom stereocenters. The number of carbonyl (C=O) groups excluding carboxylic acids is 1. The number of rotatable bonds is 3. The normalized spacial score (nSPS) is 10.9. The Morgan fingerprint density at radius 3 is 2.36 bits per heavy atom. The average molecular weight is 221 g/mol. The lowest BCUT2D eigenvalue weighted by Gasteiger charge is -2.15. The van der Waals surface area contributed by atoms with Gasteiger partial charge in [-0.15, -0.1) is 11.6 Å². The number of ether oxygens (including phenoxy) is 1. The van der Waals surface area contributed by atoms with Gasteiger partial charge in [-0.3, -0.25) is 0 Å². The van der Waals surface area contributed by atoms with Crippen LogP contribution in [0, 0.1) is 0 Å². The summed E-state index contributed by atoms with van der Waals surface area (Å²) in [5.74, 6) is -2.95. The van der Waals surface area contributed by atoms with Crippen molar-refractivity contribution < 1.29 is 13.9 Å². The fourth-order valence-electron chi connectivity index (χ4n) is 0.218. The summed E-state index contributed by atoms with van der Waals surface area (Å²) in [6, 6.07) is 0. The molecule has 0 aliphatic heterocycles. The molecule has 6 heteroatoms. The molecule has 0 N–H and O–H groups in total. The standard InChI is InChI=1S/C5H4Cl3FO2/c1-3(9)4(10)11-5(7,8)2-6/h1-2H2. The van der Waals surface area contributed by atoms with Gasteiger partial charge in [0, 0.05) is 0 Å². The maximum atomic E-state index is 11.9. The summed E-state index contributed by atoms with van der Waals surface area (Å²) < 4.78 is 14.2. The molecular weight excluding hydrogens is 217 g/mol. The fraction of sp³-hybridized carbons (Fsp3) is 0.400. The van der Waals surface area contributed by atoms with Gasteiger partial charge in [-0.25, -0.2) is 4.79 Å². The van der Waals surface area contributed by atoms with Gasteiger partial charge in [-0.1, -0.05) is 29.8 Å². The van der Waals surface area contributed by atoms with Crippen molar-refractivity contribution in [1.29, 1.82) is 0 Å². The van der Waals surface area contributed by atoms with Crippen molar-refractivity contribution in [1.82, 2.24) is 0 Å². The molecule has 11 heavy (non-hydrogen) atoms. The van der Waals surface area contributed by atoms with Crippen LogP contribution in [0.1, 0.15) is 0 Å². The molecule has 64 valence electrons. The predicted molar refractivity (Wildman–Crippen MR) is 41.5 cm³/mol. The monoisotopic (exact) mass is 220 g/mol. The average Bonchev–Trinajstić information content (AvgIpc) is 1.87. The Morgan fingerprint density at radius 1 is 1.64 bits per heavy atom. The molecule has 0 saturated carbocycles. The summed E-state index contributed by atoms with van der Waals surface area (Å²) in [6.45, 7) is 2.67. The maximum absolute atomic E-state index is 11.9. The molecule has 0 amide bonds. The third kappa shape index (κ3) is 4.45. The van der Waals surface area contributed by atoms with Gasteiger partial charge < -0.3 is 4.74 Å². The first kappa shape index (κ1) is 11.0. The quantitative estimate of drug-likeness (QED) is 0.415. The highest BCUT2D eigenvalue weighted by Crippen LogP contribution is 2.25. The van der Waals surface area contributed by atoms with Gasteiger partial charge in [0.05, 0.1) is 5.88 Å². The molecule has 0 saturated heterocycles. The van der Waals surface area contributed by atoms with Crippen molar-refractivity contribution in [3.8, 4) is 0 Å². The van der Waals surface area contributed by atoms with E-state index in [4.69, 9.17) is 34.8 Å². The van der Waals surface area contributed by atoms with E-state index in [0.29, 0.717) is 0 Å². The number of esters is 1. The van der Waals surface area contributed by atoms with Crippen molar-refractivity contribution in [3.63, 3.8) is 0 Å². The van der Waals surface area contributed by atoms with Gasteiger partial charge >= 0.3 is 5.97 Å². The van der Waals surface area contributed by atoms with Crippen LogP contribution in [-0.2, 0) is 9.53 Å². The molecule has 0 aromatic carbocycles. The Kier molecular flexibility index (Phi) is 4.14. The first-order valence-corrected chi connectivity index (χ1v) is 3.69. The third-order valence-electron chi connectivity index (χ3n) is 0.619. The highest BCUT2D eigenvalue weighted by molar-refractivity contribution is 6.50. The van der Waals surface area contributed by atoms with Gasteiger partial charge in [0.1, 0.15) is 0 Å². The number of carbonyl (C=O) groups is 1. The lowest BCUT2D eigenvalue weighted by molar-refractivity contribution is -0.143. The van der Waals surface area contributed by atoms with E-state index in [9.17, 15) is 9.18 Å². The van der Waals surface area contributed by atoms with Gasteiger partial charge in [0.25, 0.3) is 4.52 Å². The zero-order chi connectivity index (χ0) is 9.07. The topological polar surface area (TPSA) is 26.3 Å². The van der Waals surface area contributed by atoms with Crippen LogP contribution in [0.15, 0.2) is 12.4 Å². The van der Waals surface area contributed by atoms with Gasteiger partial charge in [-0.2, -0.15) is 4.39 Å². The summed E-state index contributed by atoms with van der Waals surface area (Å²) in [7, 11) is 0. The van der Waals surface area contributed by atoms with Gasteiger partial charge in [-0.05, 0) is 0 Å².